The molecule has 0 saturated carbocycles. The predicted molar refractivity (Wildman–Crippen MR) is 77.3 cm³/mol. The van der Waals surface area contributed by atoms with Gasteiger partial charge in [0, 0.05) is 20.1 Å². The van der Waals surface area contributed by atoms with Crippen LogP contribution in [0.5, 0.6) is 0 Å². The fraction of sp³-hybridized carbons (Fsp3) is 0.467. The van der Waals surface area contributed by atoms with Crippen molar-refractivity contribution < 1.29 is 9.59 Å². The molecular formula is C15H21N3O2. The molecule has 1 aliphatic rings. The van der Waals surface area contributed by atoms with Gasteiger partial charge in [-0.05, 0) is 24.8 Å². The van der Waals surface area contributed by atoms with Gasteiger partial charge in [-0.1, -0.05) is 30.3 Å². The van der Waals surface area contributed by atoms with Crippen molar-refractivity contribution in [1.82, 2.24) is 15.5 Å². The molecule has 0 radical (unpaired) electrons. The molecule has 2 N–H and O–H groups in total. The molecule has 0 bridgehead atoms. The topological polar surface area (TPSA) is 61.4 Å². The summed E-state index contributed by atoms with van der Waals surface area (Å²) in [6.07, 6.45) is 3.05. The Labute approximate surface area is 119 Å². The molecule has 5 nitrogen and oxygen atoms in total. The Hall–Kier alpha value is -2.04. The van der Waals surface area contributed by atoms with Crippen molar-refractivity contribution in [3.8, 4) is 0 Å². The van der Waals surface area contributed by atoms with E-state index in [4.69, 9.17) is 0 Å². The summed E-state index contributed by atoms with van der Waals surface area (Å²) in [5, 5.41) is 5.21. The van der Waals surface area contributed by atoms with Gasteiger partial charge < -0.3 is 15.5 Å². The number of urea groups is 1. The number of unbranched alkanes of at least 4 members (excludes halogenated alkanes) is 1. The summed E-state index contributed by atoms with van der Waals surface area (Å²) in [4.78, 5) is 24.7. The lowest BCUT2D eigenvalue weighted by molar-refractivity contribution is -0.131. The molecule has 1 atom stereocenters. The maximum Gasteiger partial charge on any atom is 0.315 e. The van der Waals surface area contributed by atoms with E-state index in [0.717, 1.165) is 25.8 Å². The number of likely N-dealkylation sites (N-methyl/N-ethyl adjacent to an activating group) is 1. The summed E-state index contributed by atoms with van der Waals surface area (Å²) in [7, 11) is 1.79. The Morgan fingerprint density at radius 2 is 2.05 bits per heavy atom. The molecule has 108 valence electrons. The van der Waals surface area contributed by atoms with Crippen LogP contribution in [-0.2, 0) is 11.2 Å². The molecule has 3 amide bonds. The van der Waals surface area contributed by atoms with Gasteiger partial charge >= 0.3 is 6.03 Å². The minimum atomic E-state index is -0.415. The van der Waals surface area contributed by atoms with E-state index >= 15 is 0 Å². The van der Waals surface area contributed by atoms with E-state index in [1.807, 2.05) is 18.2 Å². The summed E-state index contributed by atoms with van der Waals surface area (Å²) in [5.41, 5.74) is 1.33. The van der Waals surface area contributed by atoms with Crippen molar-refractivity contribution >= 4 is 11.9 Å². The van der Waals surface area contributed by atoms with Crippen LogP contribution in [0.25, 0.3) is 0 Å². The highest BCUT2D eigenvalue weighted by Gasteiger charge is 2.28. The molecule has 1 heterocycles. The van der Waals surface area contributed by atoms with Crippen LogP contribution in [0.4, 0.5) is 4.79 Å². The lowest BCUT2D eigenvalue weighted by Crippen LogP contribution is -2.44. The highest BCUT2D eigenvalue weighted by Crippen LogP contribution is 2.06. The molecule has 0 aliphatic carbocycles. The van der Waals surface area contributed by atoms with Gasteiger partial charge in [0.1, 0.15) is 6.04 Å². The number of hydrogen-bond acceptors (Lipinski definition) is 2. The molecule has 1 aromatic rings. The smallest absolute Gasteiger partial charge is 0.315 e. The summed E-state index contributed by atoms with van der Waals surface area (Å²) in [6.45, 7) is 1.10. The van der Waals surface area contributed by atoms with Gasteiger partial charge in [-0.15, -0.1) is 0 Å². The van der Waals surface area contributed by atoms with Gasteiger partial charge in [0.2, 0.25) is 5.91 Å². The lowest BCUT2D eigenvalue weighted by Gasteiger charge is -2.20. The SMILES string of the molecule is CN(CCCCc1ccccc1)C(=O)C1CNC(=O)N1. The van der Waals surface area contributed by atoms with Crippen LogP contribution in [0.3, 0.4) is 0 Å². The number of aryl methyl sites for hydroxylation is 1. The second-order valence-electron chi connectivity index (χ2n) is 5.11. The molecule has 0 aromatic heterocycles. The lowest BCUT2D eigenvalue weighted by atomic mass is 10.1. The summed E-state index contributed by atoms with van der Waals surface area (Å²) < 4.78 is 0. The fourth-order valence-corrected chi connectivity index (χ4v) is 2.30. The number of rotatable bonds is 6. The minimum absolute atomic E-state index is 0.0249. The molecule has 1 saturated heterocycles. The third-order valence-electron chi connectivity index (χ3n) is 3.50. The molecule has 20 heavy (non-hydrogen) atoms. The van der Waals surface area contributed by atoms with Crippen molar-refractivity contribution in [3.05, 3.63) is 35.9 Å². The third kappa shape index (κ3) is 3.98. The average Bonchev–Trinajstić information content (AvgIpc) is 2.90. The Morgan fingerprint density at radius 1 is 1.30 bits per heavy atom. The largest absolute Gasteiger partial charge is 0.344 e. The van der Waals surface area contributed by atoms with E-state index in [1.165, 1.54) is 5.56 Å². The predicted octanol–water partition coefficient (Wildman–Crippen LogP) is 1.15. The Bertz CT molecular complexity index is 461. The van der Waals surface area contributed by atoms with Crippen molar-refractivity contribution in [2.75, 3.05) is 20.1 Å². The number of nitrogens with zero attached hydrogens (tertiary/aromatic N) is 1. The third-order valence-corrected chi connectivity index (χ3v) is 3.50. The second kappa shape index (κ2) is 6.93. The maximum atomic E-state index is 12.0. The zero-order valence-electron chi connectivity index (χ0n) is 11.8. The first-order chi connectivity index (χ1) is 9.66. The number of amides is 3. The van der Waals surface area contributed by atoms with Gasteiger partial charge in [0.25, 0.3) is 0 Å². The van der Waals surface area contributed by atoms with E-state index in [2.05, 4.69) is 22.8 Å². The van der Waals surface area contributed by atoms with Crippen LogP contribution >= 0.6 is 0 Å². The Kier molecular flexibility index (Phi) is 4.98. The monoisotopic (exact) mass is 275 g/mol. The zero-order chi connectivity index (χ0) is 14.4. The number of carbonyl (C=O) groups excluding carboxylic acids is 2. The molecule has 1 aliphatic heterocycles. The minimum Gasteiger partial charge on any atom is -0.344 e. The van der Waals surface area contributed by atoms with Crippen molar-refractivity contribution in [2.45, 2.75) is 25.3 Å². The fourth-order valence-electron chi connectivity index (χ4n) is 2.30. The first-order valence-corrected chi connectivity index (χ1v) is 7.00. The number of benzene rings is 1. The van der Waals surface area contributed by atoms with Crippen LogP contribution in [0.1, 0.15) is 18.4 Å². The van der Waals surface area contributed by atoms with Gasteiger partial charge in [-0.25, -0.2) is 4.79 Å². The first-order valence-electron chi connectivity index (χ1n) is 7.00. The molecule has 1 unspecified atom stereocenters. The molecule has 1 fully saturated rings. The summed E-state index contributed by atoms with van der Waals surface area (Å²) in [6, 6.07) is 9.66. The summed E-state index contributed by atoms with van der Waals surface area (Å²) >= 11 is 0. The van der Waals surface area contributed by atoms with E-state index < -0.39 is 6.04 Å². The Balaban J connectivity index is 1.66. The maximum absolute atomic E-state index is 12.0. The standard InChI is InChI=1S/C15H21N3O2/c1-18(14(19)13-11-16-15(20)17-13)10-6-5-9-12-7-3-2-4-8-12/h2-4,7-8,13H,5-6,9-11H2,1H3,(H2,16,17,20). The van der Waals surface area contributed by atoms with E-state index in [9.17, 15) is 9.59 Å². The van der Waals surface area contributed by atoms with Crippen LogP contribution in [0.15, 0.2) is 30.3 Å². The molecule has 1 aromatic carbocycles. The van der Waals surface area contributed by atoms with E-state index in [0.29, 0.717) is 6.54 Å². The number of nitrogens with one attached hydrogen (secondary N) is 2. The zero-order valence-corrected chi connectivity index (χ0v) is 11.8. The van der Waals surface area contributed by atoms with E-state index in [-0.39, 0.29) is 11.9 Å². The molecule has 2 rings (SSSR count). The van der Waals surface area contributed by atoms with Crippen molar-refractivity contribution in [1.29, 1.82) is 0 Å². The van der Waals surface area contributed by atoms with Crippen LogP contribution in [0.2, 0.25) is 0 Å². The van der Waals surface area contributed by atoms with Gasteiger partial charge in [-0.3, -0.25) is 4.79 Å². The normalized spacial score (nSPS) is 17.4. The number of carbonyl (C=O) groups is 2. The highest BCUT2D eigenvalue weighted by atomic mass is 16.2. The molecular weight excluding hydrogens is 254 g/mol. The summed E-state index contributed by atoms with van der Waals surface area (Å²) in [5.74, 6) is -0.0249. The van der Waals surface area contributed by atoms with Crippen LogP contribution in [0, 0.1) is 0 Å². The quantitative estimate of drug-likeness (QED) is 0.765. The van der Waals surface area contributed by atoms with Gasteiger partial charge in [0.15, 0.2) is 0 Å². The number of hydrogen-bond donors (Lipinski definition) is 2. The highest BCUT2D eigenvalue weighted by molar-refractivity contribution is 5.90. The van der Waals surface area contributed by atoms with Gasteiger partial charge in [-0.2, -0.15) is 0 Å². The van der Waals surface area contributed by atoms with Crippen LogP contribution in [-0.4, -0.2) is 43.0 Å². The van der Waals surface area contributed by atoms with Crippen LogP contribution < -0.4 is 10.6 Å². The molecule has 0 spiro atoms. The van der Waals surface area contributed by atoms with E-state index in [1.54, 1.807) is 11.9 Å². The van der Waals surface area contributed by atoms with Gasteiger partial charge in [0.05, 0.1) is 0 Å². The second-order valence-corrected chi connectivity index (χ2v) is 5.11. The van der Waals surface area contributed by atoms with Crippen molar-refractivity contribution in [3.63, 3.8) is 0 Å². The Morgan fingerprint density at radius 3 is 2.70 bits per heavy atom. The molecule has 5 heteroatoms. The average molecular weight is 275 g/mol. The van der Waals surface area contributed by atoms with Crippen molar-refractivity contribution in [2.24, 2.45) is 0 Å². The first kappa shape index (κ1) is 14.4.